The lowest BCUT2D eigenvalue weighted by Crippen LogP contribution is -2.20. The van der Waals surface area contributed by atoms with E-state index in [0.29, 0.717) is 0 Å². The van der Waals surface area contributed by atoms with Crippen LogP contribution in [0.5, 0.6) is 0 Å². The Hall–Kier alpha value is -2.93. The van der Waals surface area contributed by atoms with Gasteiger partial charge in [-0.25, -0.2) is 0 Å². The van der Waals surface area contributed by atoms with E-state index in [-0.39, 0.29) is 0 Å². The summed E-state index contributed by atoms with van der Waals surface area (Å²) < 4.78 is 0. The van der Waals surface area contributed by atoms with E-state index in [9.17, 15) is 0 Å². The molecule has 0 aliphatic rings. The Bertz CT molecular complexity index is 966. The second kappa shape index (κ2) is 12.9. The quantitative estimate of drug-likeness (QED) is 0.294. The zero-order chi connectivity index (χ0) is 23.5. The van der Waals surface area contributed by atoms with Crippen molar-refractivity contribution >= 4 is 29.5 Å². The first kappa shape index (κ1) is 24.7. The minimum atomic E-state index is -0.446. The zero-order valence-electron chi connectivity index (χ0n) is 20.0. The number of nitrogen functional groups attached to an aromatic ring is 1. The largest absolute Gasteiger partial charge is 0.399 e. The Balaban J connectivity index is 0.000000196. The molecule has 170 valence electrons. The number of rotatable bonds is 7. The van der Waals surface area contributed by atoms with Crippen LogP contribution in [0.3, 0.4) is 0 Å². The van der Waals surface area contributed by atoms with Gasteiger partial charge >= 0.3 is 0 Å². The molecule has 0 amide bonds. The van der Waals surface area contributed by atoms with Gasteiger partial charge < -0.3 is 10.6 Å². The summed E-state index contributed by atoms with van der Waals surface area (Å²) in [7, 11) is 3.76. The van der Waals surface area contributed by atoms with Crippen molar-refractivity contribution in [1.82, 2.24) is 4.90 Å². The van der Waals surface area contributed by atoms with Crippen molar-refractivity contribution in [3.63, 3.8) is 0 Å². The van der Waals surface area contributed by atoms with Gasteiger partial charge in [0.15, 0.2) is 0 Å². The monoisotopic (exact) mass is 454 g/mol. The second-order valence-corrected chi connectivity index (χ2v) is 10.7. The number of aryl methyl sites for hydroxylation is 2. The SMILES string of the molecule is Cc1cc(N)cc(CCCN(C)C)c1.c1ccc(P(c2ccccc2)c2ccccc2)cc1. The highest BCUT2D eigenvalue weighted by molar-refractivity contribution is 7.79. The molecule has 0 saturated heterocycles. The minimum absolute atomic E-state index is 0.446. The van der Waals surface area contributed by atoms with Gasteiger partial charge in [-0.3, -0.25) is 0 Å². The average molecular weight is 455 g/mol. The molecule has 33 heavy (non-hydrogen) atoms. The molecule has 4 aromatic rings. The molecule has 2 nitrogen and oxygen atoms in total. The van der Waals surface area contributed by atoms with Crippen molar-refractivity contribution < 1.29 is 0 Å². The van der Waals surface area contributed by atoms with Crippen LogP contribution < -0.4 is 21.6 Å². The lowest BCUT2D eigenvalue weighted by molar-refractivity contribution is 0.400. The van der Waals surface area contributed by atoms with Gasteiger partial charge in [0.25, 0.3) is 0 Å². The lowest BCUT2D eigenvalue weighted by atomic mass is 10.1. The topological polar surface area (TPSA) is 29.3 Å². The molecule has 3 heteroatoms. The predicted molar refractivity (Wildman–Crippen MR) is 148 cm³/mol. The fourth-order valence-corrected chi connectivity index (χ4v) is 6.12. The van der Waals surface area contributed by atoms with Gasteiger partial charge in [-0.05, 0) is 87.5 Å². The highest BCUT2D eigenvalue weighted by Crippen LogP contribution is 2.32. The molecule has 0 aliphatic carbocycles. The van der Waals surface area contributed by atoms with E-state index in [4.69, 9.17) is 5.73 Å². The normalized spacial score (nSPS) is 10.7. The number of benzene rings is 4. The van der Waals surface area contributed by atoms with Crippen molar-refractivity contribution in [2.45, 2.75) is 19.8 Å². The summed E-state index contributed by atoms with van der Waals surface area (Å²) >= 11 is 0. The molecule has 0 spiro atoms. The predicted octanol–water partition coefficient (Wildman–Crippen LogP) is 5.52. The molecule has 0 fully saturated rings. The number of nitrogens with zero attached hydrogens (tertiary/aromatic N) is 1. The van der Waals surface area contributed by atoms with E-state index < -0.39 is 7.92 Å². The second-order valence-electron chi connectivity index (χ2n) is 8.50. The number of hydrogen-bond acceptors (Lipinski definition) is 2. The molecule has 0 aromatic heterocycles. The summed E-state index contributed by atoms with van der Waals surface area (Å²) in [6.45, 7) is 3.22. The molecule has 0 saturated carbocycles. The van der Waals surface area contributed by atoms with Crippen LogP contribution in [0.15, 0.2) is 109 Å². The van der Waals surface area contributed by atoms with E-state index in [1.54, 1.807) is 0 Å². The Labute approximate surface area is 200 Å². The average Bonchev–Trinajstić information content (AvgIpc) is 2.81. The third-order valence-electron chi connectivity index (χ3n) is 5.27. The van der Waals surface area contributed by atoms with Crippen LogP contribution in [0.2, 0.25) is 0 Å². The molecule has 0 aliphatic heterocycles. The van der Waals surface area contributed by atoms with E-state index in [0.717, 1.165) is 18.7 Å². The summed E-state index contributed by atoms with van der Waals surface area (Å²) in [5.41, 5.74) is 9.27. The third kappa shape index (κ3) is 8.17. The smallest absolute Gasteiger partial charge is 0.0319 e. The van der Waals surface area contributed by atoms with E-state index in [1.165, 1.54) is 33.5 Å². The summed E-state index contributed by atoms with van der Waals surface area (Å²) in [6, 6.07) is 38.6. The number of anilines is 1. The third-order valence-corrected chi connectivity index (χ3v) is 7.72. The van der Waals surface area contributed by atoms with Crippen LogP contribution in [0.1, 0.15) is 17.5 Å². The maximum atomic E-state index is 5.78. The van der Waals surface area contributed by atoms with Crippen molar-refractivity contribution in [2.24, 2.45) is 0 Å². The standard InChI is InChI=1S/C18H15P.C12H20N2/c1-4-10-16(11-5-1)19(17-12-6-2-7-13-17)18-14-8-3-9-15-18;1-10-7-11(9-12(13)8-10)5-4-6-14(2)3/h1-15H;7-9H,4-6,13H2,1-3H3. The van der Waals surface area contributed by atoms with E-state index >= 15 is 0 Å². The fourth-order valence-electron chi connectivity index (χ4n) is 3.82. The Morgan fingerprint density at radius 2 is 1.12 bits per heavy atom. The van der Waals surface area contributed by atoms with Gasteiger partial charge in [0, 0.05) is 5.69 Å². The Morgan fingerprint density at radius 3 is 1.52 bits per heavy atom. The number of hydrogen-bond donors (Lipinski definition) is 1. The first-order chi connectivity index (χ1) is 16.0. The number of nitrogens with two attached hydrogens (primary N) is 1. The van der Waals surface area contributed by atoms with Crippen LogP contribution >= 0.6 is 7.92 Å². The molecular formula is C30H35N2P. The summed E-state index contributed by atoms with van der Waals surface area (Å²) in [5, 5.41) is 4.19. The zero-order valence-corrected chi connectivity index (χ0v) is 20.9. The van der Waals surface area contributed by atoms with Crippen LogP contribution in [0.25, 0.3) is 0 Å². The van der Waals surface area contributed by atoms with Crippen molar-refractivity contribution in [2.75, 3.05) is 26.4 Å². The van der Waals surface area contributed by atoms with Crippen molar-refractivity contribution in [3.05, 3.63) is 120 Å². The van der Waals surface area contributed by atoms with Gasteiger partial charge in [-0.15, -0.1) is 0 Å². The van der Waals surface area contributed by atoms with Gasteiger partial charge in [0.1, 0.15) is 0 Å². The van der Waals surface area contributed by atoms with Gasteiger partial charge in [0.2, 0.25) is 0 Å². The maximum Gasteiger partial charge on any atom is 0.0319 e. The van der Waals surface area contributed by atoms with Crippen LogP contribution in [0.4, 0.5) is 5.69 Å². The molecule has 2 N–H and O–H groups in total. The first-order valence-corrected chi connectivity index (χ1v) is 12.8. The van der Waals surface area contributed by atoms with Crippen molar-refractivity contribution in [1.29, 1.82) is 0 Å². The van der Waals surface area contributed by atoms with E-state index in [1.807, 2.05) is 6.07 Å². The molecule has 0 unspecified atom stereocenters. The maximum absolute atomic E-state index is 5.78. The Morgan fingerprint density at radius 1 is 0.667 bits per heavy atom. The summed E-state index contributed by atoms with van der Waals surface area (Å²) in [4.78, 5) is 2.21. The summed E-state index contributed by atoms with van der Waals surface area (Å²) in [6.07, 6.45) is 2.31. The minimum Gasteiger partial charge on any atom is -0.399 e. The highest BCUT2D eigenvalue weighted by Gasteiger charge is 2.14. The van der Waals surface area contributed by atoms with Gasteiger partial charge in [-0.1, -0.05) is 97.1 Å². The molecule has 0 atom stereocenters. The molecule has 0 heterocycles. The molecule has 0 radical (unpaired) electrons. The van der Waals surface area contributed by atoms with Crippen LogP contribution in [0, 0.1) is 6.92 Å². The molecule has 4 aromatic carbocycles. The van der Waals surface area contributed by atoms with Gasteiger partial charge in [0.05, 0.1) is 0 Å². The molecular weight excluding hydrogens is 419 g/mol. The van der Waals surface area contributed by atoms with Crippen LogP contribution in [-0.2, 0) is 6.42 Å². The van der Waals surface area contributed by atoms with Crippen LogP contribution in [-0.4, -0.2) is 25.5 Å². The van der Waals surface area contributed by atoms with Gasteiger partial charge in [-0.2, -0.15) is 0 Å². The van der Waals surface area contributed by atoms with Crippen molar-refractivity contribution in [3.8, 4) is 0 Å². The molecule has 4 rings (SSSR count). The Kier molecular flexibility index (Phi) is 9.69. The first-order valence-electron chi connectivity index (χ1n) is 11.5. The van der Waals surface area contributed by atoms with E-state index in [2.05, 4.69) is 129 Å². The summed E-state index contributed by atoms with van der Waals surface area (Å²) in [5.74, 6) is 0. The fraction of sp³-hybridized carbons (Fsp3) is 0.200. The molecule has 0 bridgehead atoms. The highest BCUT2D eigenvalue weighted by atomic mass is 31.1. The lowest BCUT2D eigenvalue weighted by Gasteiger charge is -2.18.